The maximum Gasteiger partial charge on any atom is 0.223 e. The molecule has 0 radical (unpaired) electrons. The van der Waals surface area contributed by atoms with Crippen LogP contribution in [0.1, 0.15) is 51.4 Å². The van der Waals surface area contributed by atoms with Gasteiger partial charge in [-0.2, -0.15) is 11.8 Å². The van der Waals surface area contributed by atoms with Crippen LogP contribution in [-0.2, 0) is 9.53 Å². The molecule has 5 nitrogen and oxygen atoms in total. The fraction of sp³-hybridized carbons (Fsp3) is 0.952. The summed E-state index contributed by atoms with van der Waals surface area (Å²) in [5, 5.41) is 3.14. The molecule has 0 spiro atoms. The predicted molar refractivity (Wildman–Crippen MR) is 111 cm³/mol. The van der Waals surface area contributed by atoms with Gasteiger partial charge in [-0.15, -0.1) is 0 Å². The van der Waals surface area contributed by atoms with E-state index >= 15 is 0 Å². The van der Waals surface area contributed by atoms with E-state index in [4.69, 9.17) is 4.74 Å². The number of carbonyl (C=O) groups is 1. The Morgan fingerprint density at radius 2 is 1.52 bits per heavy atom. The van der Waals surface area contributed by atoms with Gasteiger partial charge in [0, 0.05) is 31.2 Å². The molecule has 27 heavy (non-hydrogen) atoms. The maximum atomic E-state index is 12.5. The van der Waals surface area contributed by atoms with Gasteiger partial charge in [0.2, 0.25) is 5.91 Å². The van der Waals surface area contributed by atoms with Crippen LogP contribution in [0.5, 0.6) is 0 Å². The fourth-order valence-electron chi connectivity index (χ4n) is 5.36. The van der Waals surface area contributed by atoms with E-state index in [1.165, 1.54) is 50.3 Å². The van der Waals surface area contributed by atoms with Crippen molar-refractivity contribution in [3.05, 3.63) is 0 Å². The first-order valence-electron chi connectivity index (χ1n) is 11.2. The Balaban J connectivity index is 1.14. The van der Waals surface area contributed by atoms with E-state index in [1.807, 2.05) is 0 Å². The van der Waals surface area contributed by atoms with Crippen molar-refractivity contribution < 1.29 is 9.53 Å². The minimum Gasteiger partial charge on any atom is -0.376 e. The highest BCUT2D eigenvalue weighted by Crippen LogP contribution is 2.28. The average molecular weight is 396 g/mol. The summed E-state index contributed by atoms with van der Waals surface area (Å²) in [4.78, 5) is 17.9. The van der Waals surface area contributed by atoms with E-state index in [0.29, 0.717) is 6.54 Å². The minimum atomic E-state index is 0.211. The maximum absolute atomic E-state index is 12.5. The molecule has 4 saturated heterocycles. The third-order valence-corrected chi connectivity index (χ3v) is 8.20. The lowest BCUT2D eigenvalue weighted by molar-refractivity contribution is -0.127. The fourth-order valence-corrected chi connectivity index (χ4v) is 6.44. The lowest BCUT2D eigenvalue weighted by Crippen LogP contribution is -2.51. The molecule has 4 heterocycles. The molecule has 0 aliphatic carbocycles. The number of nitrogens with zero attached hydrogens (tertiary/aromatic N) is 2. The quantitative estimate of drug-likeness (QED) is 0.774. The van der Waals surface area contributed by atoms with Gasteiger partial charge in [0.1, 0.15) is 0 Å². The highest BCUT2D eigenvalue weighted by molar-refractivity contribution is 7.99. The standard InChI is InChI=1S/C21H37N3O2S/c25-21(22-16-20-2-1-13-26-20)17-3-9-23(10-4-17)18-5-11-24(12-6-18)19-7-14-27-15-8-19/h17-20H,1-16H2,(H,22,25)/t20-/m1/s1. The van der Waals surface area contributed by atoms with Crippen LogP contribution in [-0.4, -0.2) is 84.7 Å². The first-order valence-corrected chi connectivity index (χ1v) is 12.4. The van der Waals surface area contributed by atoms with Crippen LogP contribution >= 0.6 is 11.8 Å². The van der Waals surface area contributed by atoms with Gasteiger partial charge in [-0.05, 0) is 89.1 Å². The monoisotopic (exact) mass is 395 g/mol. The highest BCUT2D eigenvalue weighted by Gasteiger charge is 2.32. The lowest BCUT2D eigenvalue weighted by atomic mass is 9.92. The van der Waals surface area contributed by atoms with Crippen molar-refractivity contribution in [1.29, 1.82) is 0 Å². The summed E-state index contributed by atoms with van der Waals surface area (Å²) in [6.07, 6.45) is 9.95. The lowest BCUT2D eigenvalue weighted by Gasteiger charge is -2.44. The molecule has 4 rings (SSSR count). The molecular formula is C21H37N3O2S. The summed E-state index contributed by atoms with van der Waals surface area (Å²) >= 11 is 2.12. The second-order valence-electron chi connectivity index (χ2n) is 8.80. The van der Waals surface area contributed by atoms with E-state index in [0.717, 1.165) is 57.5 Å². The van der Waals surface area contributed by atoms with Crippen LogP contribution in [0.3, 0.4) is 0 Å². The Kier molecular flexibility index (Phi) is 7.37. The van der Waals surface area contributed by atoms with Crippen LogP contribution in [0.2, 0.25) is 0 Å². The Morgan fingerprint density at radius 3 is 2.15 bits per heavy atom. The van der Waals surface area contributed by atoms with Crippen molar-refractivity contribution >= 4 is 17.7 Å². The molecule has 1 amide bonds. The van der Waals surface area contributed by atoms with Crippen molar-refractivity contribution in [1.82, 2.24) is 15.1 Å². The Morgan fingerprint density at radius 1 is 0.889 bits per heavy atom. The van der Waals surface area contributed by atoms with Crippen LogP contribution in [0.25, 0.3) is 0 Å². The molecular weight excluding hydrogens is 358 g/mol. The van der Waals surface area contributed by atoms with Gasteiger partial charge in [0.25, 0.3) is 0 Å². The molecule has 0 unspecified atom stereocenters. The van der Waals surface area contributed by atoms with Gasteiger partial charge >= 0.3 is 0 Å². The highest BCUT2D eigenvalue weighted by atomic mass is 32.2. The molecule has 4 aliphatic heterocycles. The molecule has 4 fully saturated rings. The summed E-state index contributed by atoms with van der Waals surface area (Å²) in [6, 6.07) is 1.60. The van der Waals surface area contributed by atoms with Crippen molar-refractivity contribution in [2.24, 2.45) is 5.92 Å². The van der Waals surface area contributed by atoms with Crippen molar-refractivity contribution in [3.8, 4) is 0 Å². The number of piperidine rings is 2. The Hall–Kier alpha value is -0.300. The number of likely N-dealkylation sites (tertiary alicyclic amines) is 2. The Labute approximate surface area is 168 Å². The first-order chi connectivity index (χ1) is 13.3. The number of nitrogens with one attached hydrogen (secondary N) is 1. The summed E-state index contributed by atoms with van der Waals surface area (Å²) in [7, 11) is 0. The van der Waals surface area contributed by atoms with Crippen LogP contribution in [0.15, 0.2) is 0 Å². The minimum absolute atomic E-state index is 0.211. The molecule has 1 atom stereocenters. The number of hydrogen-bond acceptors (Lipinski definition) is 5. The third-order valence-electron chi connectivity index (χ3n) is 7.15. The number of carbonyl (C=O) groups excluding carboxylic acids is 1. The van der Waals surface area contributed by atoms with Gasteiger partial charge < -0.3 is 19.9 Å². The number of thioether (sulfide) groups is 1. The SMILES string of the molecule is O=C(NC[C@H]1CCCO1)C1CCN(C2CCN(C3CCSCC3)CC2)CC1. The molecule has 0 aromatic rings. The zero-order valence-electron chi connectivity index (χ0n) is 16.7. The number of amides is 1. The number of hydrogen-bond donors (Lipinski definition) is 1. The van der Waals surface area contributed by atoms with Crippen molar-refractivity contribution in [3.63, 3.8) is 0 Å². The van der Waals surface area contributed by atoms with E-state index in [9.17, 15) is 4.79 Å². The zero-order valence-corrected chi connectivity index (χ0v) is 17.6. The summed E-state index contributed by atoms with van der Waals surface area (Å²) < 4.78 is 5.61. The van der Waals surface area contributed by atoms with Crippen molar-refractivity contribution in [2.75, 3.05) is 50.8 Å². The first kappa shape index (κ1) is 20.0. The largest absolute Gasteiger partial charge is 0.376 e. The molecule has 4 aliphatic rings. The summed E-state index contributed by atoms with van der Waals surface area (Å²) in [6.45, 7) is 6.32. The van der Waals surface area contributed by atoms with E-state index in [2.05, 4.69) is 26.9 Å². The third kappa shape index (κ3) is 5.40. The predicted octanol–water partition coefficient (Wildman–Crippen LogP) is 2.35. The van der Waals surface area contributed by atoms with Gasteiger partial charge in [-0.3, -0.25) is 4.79 Å². The number of rotatable bonds is 5. The topological polar surface area (TPSA) is 44.8 Å². The van der Waals surface area contributed by atoms with Crippen LogP contribution < -0.4 is 5.32 Å². The van der Waals surface area contributed by atoms with Gasteiger partial charge in [-0.1, -0.05) is 0 Å². The molecule has 0 saturated carbocycles. The smallest absolute Gasteiger partial charge is 0.223 e. The van der Waals surface area contributed by atoms with E-state index in [1.54, 1.807) is 0 Å². The van der Waals surface area contributed by atoms with Gasteiger partial charge in [0.15, 0.2) is 0 Å². The van der Waals surface area contributed by atoms with Crippen LogP contribution in [0, 0.1) is 5.92 Å². The number of ether oxygens (including phenoxy) is 1. The average Bonchev–Trinajstić information content (AvgIpc) is 3.27. The van der Waals surface area contributed by atoms with Crippen LogP contribution in [0.4, 0.5) is 0 Å². The second kappa shape index (κ2) is 9.95. The molecule has 0 bridgehead atoms. The van der Waals surface area contributed by atoms with E-state index < -0.39 is 0 Å². The van der Waals surface area contributed by atoms with E-state index in [-0.39, 0.29) is 17.9 Å². The molecule has 154 valence electrons. The van der Waals surface area contributed by atoms with Crippen molar-refractivity contribution in [2.45, 2.75) is 69.6 Å². The molecule has 1 N–H and O–H groups in total. The normalized spacial score (nSPS) is 30.6. The van der Waals surface area contributed by atoms with Gasteiger partial charge in [-0.25, -0.2) is 0 Å². The Bertz CT molecular complexity index is 464. The molecule has 0 aromatic heterocycles. The molecule has 0 aromatic carbocycles. The van der Waals surface area contributed by atoms with Gasteiger partial charge in [0.05, 0.1) is 6.10 Å². The summed E-state index contributed by atoms with van der Waals surface area (Å²) in [5.41, 5.74) is 0. The summed E-state index contributed by atoms with van der Waals surface area (Å²) in [5.74, 6) is 3.18. The molecule has 6 heteroatoms. The zero-order chi connectivity index (χ0) is 18.5. The second-order valence-corrected chi connectivity index (χ2v) is 10.0.